The van der Waals surface area contributed by atoms with E-state index in [2.05, 4.69) is 5.32 Å². The summed E-state index contributed by atoms with van der Waals surface area (Å²) in [5.41, 5.74) is -0.771. The van der Waals surface area contributed by atoms with Crippen molar-refractivity contribution < 1.29 is 14.3 Å². The molecule has 0 aromatic carbocycles. The van der Waals surface area contributed by atoms with E-state index < -0.39 is 11.5 Å². The Morgan fingerprint density at radius 3 is 2.94 bits per heavy atom. The van der Waals surface area contributed by atoms with Crippen LogP contribution >= 0.6 is 0 Å². The minimum Gasteiger partial charge on any atom is -0.480 e. The molecule has 4 heteroatoms. The maximum Gasteiger partial charge on any atom is 0.323 e. The van der Waals surface area contributed by atoms with E-state index in [4.69, 9.17) is 4.42 Å². The lowest BCUT2D eigenvalue weighted by atomic mass is 9.96. The van der Waals surface area contributed by atoms with Gasteiger partial charge in [-0.2, -0.15) is 0 Å². The molecule has 0 bridgehead atoms. The zero-order valence-corrected chi connectivity index (χ0v) is 9.40. The van der Waals surface area contributed by atoms with E-state index in [0.29, 0.717) is 6.54 Å². The maximum absolute atomic E-state index is 11.2. The number of hydrogen-bond donors (Lipinski definition) is 2. The fourth-order valence-corrected chi connectivity index (χ4v) is 1.96. The van der Waals surface area contributed by atoms with Gasteiger partial charge in [0.2, 0.25) is 0 Å². The quantitative estimate of drug-likeness (QED) is 0.770. The smallest absolute Gasteiger partial charge is 0.323 e. The lowest BCUT2D eigenvalue weighted by molar-refractivity contribution is -0.145. The highest BCUT2D eigenvalue weighted by atomic mass is 16.4. The van der Waals surface area contributed by atoms with Crippen molar-refractivity contribution in [3.05, 3.63) is 24.2 Å². The molecular formula is C12H17NO3. The second-order valence-corrected chi connectivity index (χ2v) is 4.54. The summed E-state index contributed by atoms with van der Waals surface area (Å²) >= 11 is 0. The van der Waals surface area contributed by atoms with Gasteiger partial charge >= 0.3 is 5.97 Å². The molecule has 4 nitrogen and oxygen atoms in total. The monoisotopic (exact) mass is 223 g/mol. The molecule has 0 aliphatic heterocycles. The number of aliphatic carboxylic acids is 1. The van der Waals surface area contributed by atoms with Crippen molar-refractivity contribution >= 4 is 5.97 Å². The molecular weight excluding hydrogens is 206 g/mol. The van der Waals surface area contributed by atoms with Crippen LogP contribution < -0.4 is 5.32 Å². The van der Waals surface area contributed by atoms with Gasteiger partial charge < -0.3 is 14.8 Å². The Balaban J connectivity index is 1.85. The lowest BCUT2D eigenvalue weighted by Gasteiger charge is -2.26. The summed E-state index contributed by atoms with van der Waals surface area (Å²) < 4.78 is 5.20. The molecule has 2 N–H and O–H groups in total. The lowest BCUT2D eigenvalue weighted by Crippen LogP contribution is -2.52. The van der Waals surface area contributed by atoms with E-state index in [0.717, 1.165) is 25.0 Å². The SMILES string of the molecule is CC(NCCc1ccco1)(C(=O)O)C1CC1. The summed E-state index contributed by atoms with van der Waals surface area (Å²) in [4.78, 5) is 11.2. The van der Waals surface area contributed by atoms with Crippen molar-refractivity contribution in [2.75, 3.05) is 6.54 Å². The van der Waals surface area contributed by atoms with Crippen LogP contribution in [-0.4, -0.2) is 23.2 Å². The largest absolute Gasteiger partial charge is 0.480 e. The molecule has 16 heavy (non-hydrogen) atoms. The van der Waals surface area contributed by atoms with Gasteiger partial charge in [0.05, 0.1) is 6.26 Å². The third-order valence-corrected chi connectivity index (χ3v) is 3.28. The molecule has 1 aromatic heterocycles. The number of nitrogens with one attached hydrogen (secondary N) is 1. The van der Waals surface area contributed by atoms with Crippen LogP contribution in [0.3, 0.4) is 0 Å². The second-order valence-electron chi connectivity index (χ2n) is 4.54. The van der Waals surface area contributed by atoms with Gasteiger partial charge in [0, 0.05) is 13.0 Å². The van der Waals surface area contributed by atoms with Crippen molar-refractivity contribution in [1.82, 2.24) is 5.32 Å². The van der Waals surface area contributed by atoms with E-state index in [1.807, 2.05) is 12.1 Å². The van der Waals surface area contributed by atoms with Crippen LogP contribution in [0.15, 0.2) is 22.8 Å². The van der Waals surface area contributed by atoms with E-state index in [1.165, 1.54) is 0 Å². The number of rotatable bonds is 6. The van der Waals surface area contributed by atoms with Gasteiger partial charge in [-0.05, 0) is 37.8 Å². The van der Waals surface area contributed by atoms with Crippen LogP contribution in [0.25, 0.3) is 0 Å². The molecule has 1 aliphatic carbocycles. The predicted octanol–water partition coefficient (Wildman–Crippen LogP) is 1.67. The highest BCUT2D eigenvalue weighted by Crippen LogP contribution is 2.39. The van der Waals surface area contributed by atoms with E-state index in [-0.39, 0.29) is 5.92 Å². The highest BCUT2D eigenvalue weighted by Gasteiger charge is 2.46. The molecule has 0 amide bonds. The number of carbonyl (C=O) groups is 1. The van der Waals surface area contributed by atoms with E-state index in [1.54, 1.807) is 13.2 Å². The zero-order chi connectivity index (χ0) is 11.6. The number of carboxylic acids is 1. The number of carboxylic acid groups (broad SMARTS) is 1. The van der Waals surface area contributed by atoms with Gasteiger partial charge in [0.25, 0.3) is 0 Å². The van der Waals surface area contributed by atoms with Crippen LogP contribution in [-0.2, 0) is 11.2 Å². The average molecular weight is 223 g/mol. The molecule has 88 valence electrons. The molecule has 0 radical (unpaired) electrons. The van der Waals surface area contributed by atoms with Crippen molar-refractivity contribution in [3.63, 3.8) is 0 Å². The van der Waals surface area contributed by atoms with Crippen molar-refractivity contribution in [3.8, 4) is 0 Å². The summed E-state index contributed by atoms with van der Waals surface area (Å²) in [6, 6.07) is 3.74. The first-order valence-electron chi connectivity index (χ1n) is 5.64. The molecule has 1 unspecified atom stereocenters. The Labute approximate surface area is 94.6 Å². The van der Waals surface area contributed by atoms with Gasteiger partial charge in [-0.1, -0.05) is 0 Å². The molecule has 1 atom stereocenters. The Kier molecular flexibility index (Phi) is 3.01. The second kappa shape index (κ2) is 4.29. The summed E-state index contributed by atoms with van der Waals surface area (Å²) in [5.74, 6) is 0.409. The number of hydrogen-bond acceptors (Lipinski definition) is 3. The Hall–Kier alpha value is -1.29. The molecule has 1 aliphatic rings. The molecule has 2 rings (SSSR count). The minimum atomic E-state index is -0.771. The Morgan fingerprint density at radius 1 is 1.69 bits per heavy atom. The van der Waals surface area contributed by atoms with Crippen LogP contribution in [0, 0.1) is 5.92 Å². The first kappa shape index (κ1) is 11.2. The van der Waals surface area contributed by atoms with Crippen LogP contribution in [0.2, 0.25) is 0 Å². The average Bonchev–Trinajstić information content (AvgIpc) is 2.98. The Bertz CT molecular complexity index is 356. The predicted molar refractivity (Wildman–Crippen MR) is 59.2 cm³/mol. The highest BCUT2D eigenvalue weighted by molar-refractivity contribution is 5.79. The van der Waals surface area contributed by atoms with Gasteiger partial charge in [-0.15, -0.1) is 0 Å². The maximum atomic E-state index is 11.2. The summed E-state index contributed by atoms with van der Waals surface area (Å²) in [5, 5.41) is 12.4. The summed E-state index contributed by atoms with van der Waals surface area (Å²) in [6.07, 6.45) is 4.38. The molecule has 1 saturated carbocycles. The Morgan fingerprint density at radius 2 is 2.44 bits per heavy atom. The van der Waals surface area contributed by atoms with E-state index >= 15 is 0 Å². The fraction of sp³-hybridized carbons (Fsp3) is 0.583. The normalized spacial score (nSPS) is 19.3. The molecule has 1 heterocycles. The molecule has 1 aromatic rings. The molecule has 0 spiro atoms. The topological polar surface area (TPSA) is 62.5 Å². The first-order valence-corrected chi connectivity index (χ1v) is 5.64. The fourth-order valence-electron chi connectivity index (χ4n) is 1.96. The zero-order valence-electron chi connectivity index (χ0n) is 9.40. The summed E-state index contributed by atoms with van der Waals surface area (Å²) in [7, 11) is 0. The van der Waals surface area contributed by atoms with Crippen LogP contribution in [0.5, 0.6) is 0 Å². The first-order chi connectivity index (χ1) is 7.63. The van der Waals surface area contributed by atoms with Gasteiger partial charge in [-0.3, -0.25) is 4.79 Å². The van der Waals surface area contributed by atoms with Crippen molar-refractivity contribution in [2.45, 2.75) is 31.7 Å². The standard InChI is InChI=1S/C12H17NO3/c1-12(11(14)15,9-4-5-9)13-7-6-10-3-2-8-16-10/h2-3,8-9,13H,4-7H2,1H3,(H,14,15). The van der Waals surface area contributed by atoms with Gasteiger partial charge in [0.15, 0.2) is 0 Å². The molecule has 0 saturated heterocycles. The minimum absolute atomic E-state index is 0.279. The number of furan rings is 1. The third kappa shape index (κ3) is 2.27. The van der Waals surface area contributed by atoms with Crippen LogP contribution in [0.1, 0.15) is 25.5 Å². The van der Waals surface area contributed by atoms with Gasteiger partial charge in [0.1, 0.15) is 11.3 Å². The molecule has 1 fully saturated rings. The van der Waals surface area contributed by atoms with Gasteiger partial charge in [-0.25, -0.2) is 0 Å². The third-order valence-electron chi connectivity index (χ3n) is 3.28. The van der Waals surface area contributed by atoms with Crippen LogP contribution in [0.4, 0.5) is 0 Å². The van der Waals surface area contributed by atoms with E-state index in [9.17, 15) is 9.90 Å². The summed E-state index contributed by atoms with van der Waals surface area (Å²) in [6.45, 7) is 2.40. The van der Waals surface area contributed by atoms with Crippen molar-refractivity contribution in [1.29, 1.82) is 0 Å². The van der Waals surface area contributed by atoms with Crippen molar-refractivity contribution in [2.24, 2.45) is 5.92 Å².